The van der Waals surface area contributed by atoms with Crippen molar-refractivity contribution in [2.24, 2.45) is 0 Å². The monoisotopic (exact) mass is 393 g/mol. The van der Waals surface area contributed by atoms with Crippen LogP contribution >= 0.6 is 0 Å². The van der Waals surface area contributed by atoms with E-state index in [4.69, 9.17) is 14.2 Å². The Hall–Kier alpha value is -3.66. The average Bonchev–Trinajstić information content (AvgIpc) is 3.17. The van der Waals surface area contributed by atoms with Crippen LogP contribution in [0.4, 0.5) is 5.69 Å². The van der Waals surface area contributed by atoms with Gasteiger partial charge in [0.2, 0.25) is 6.79 Å². The molecule has 0 radical (unpaired) electrons. The molecule has 0 fully saturated rings. The molecular formula is C22H23N3O4. The lowest BCUT2D eigenvalue weighted by Crippen LogP contribution is -2.28. The molecule has 0 saturated carbocycles. The topological polar surface area (TPSA) is 92.6 Å². The molecule has 1 heterocycles. The quantitative estimate of drug-likeness (QED) is 0.549. The third kappa shape index (κ3) is 4.79. The van der Waals surface area contributed by atoms with Crippen LogP contribution in [0.5, 0.6) is 17.2 Å². The van der Waals surface area contributed by atoms with Gasteiger partial charge in [-0.1, -0.05) is 17.7 Å². The van der Waals surface area contributed by atoms with Crippen LogP contribution in [-0.4, -0.2) is 19.3 Å². The SMILES string of the molecule is CCOc1ccc(C)cc1C(C)NC(=O)/C(C#N)=C\Nc1ccc2c(c1)OCO2. The van der Waals surface area contributed by atoms with Crippen LogP contribution in [0, 0.1) is 18.3 Å². The molecule has 29 heavy (non-hydrogen) atoms. The number of anilines is 1. The summed E-state index contributed by atoms with van der Waals surface area (Å²) in [6.07, 6.45) is 1.37. The van der Waals surface area contributed by atoms with Crippen molar-refractivity contribution >= 4 is 11.6 Å². The number of amides is 1. The van der Waals surface area contributed by atoms with Gasteiger partial charge in [0.05, 0.1) is 12.6 Å². The number of hydrogen-bond acceptors (Lipinski definition) is 6. The predicted molar refractivity (Wildman–Crippen MR) is 109 cm³/mol. The summed E-state index contributed by atoms with van der Waals surface area (Å²) in [4.78, 5) is 12.6. The fourth-order valence-electron chi connectivity index (χ4n) is 2.94. The number of nitriles is 1. The summed E-state index contributed by atoms with van der Waals surface area (Å²) in [7, 11) is 0. The molecule has 1 aliphatic heterocycles. The van der Waals surface area contributed by atoms with E-state index in [-0.39, 0.29) is 18.4 Å². The van der Waals surface area contributed by atoms with Crippen LogP contribution in [0.25, 0.3) is 0 Å². The van der Waals surface area contributed by atoms with Gasteiger partial charge in [-0.2, -0.15) is 5.26 Å². The molecule has 1 amide bonds. The summed E-state index contributed by atoms with van der Waals surface area (Å²) < 4.78 is 16.2. The maximum atomic E-state index is 12.6. The number of carbonyl (C=O) groups excluding carboxylic acids is 1. The van der Waals surface area contributed by atoms with Crippen molar-refractivity contribution in [1.29, 1.82) is 5.26 Å². The number of nitrogens with one attached hydrogen (secondary N) is 2. The van der Waals surface area contributed by atoms with Crippen LogP contribution in [0.2, 0.25) is 0 Å². The number of rotatable bonds is 7. The minimum absolute atomic E-state index is 0.0415. The molecule has 0 aliphatic carbocycles. The zero-order valence-corrected chi connectivity index (χ0v) is 16.6. The first-order valence-corrected chi connectivity index (χ1v) is 9.32. The first-order valence-electron chi connectivity index (χ1n) is 9.32. The Kier molecular flexibility index (Phi) is 6.25. The number of fused-ring (bicyclic) bond motifs is 1. The maximum absolute atomic E-state index is 12.6. The highest BCUT2D eigenvalue weighted by Crippen LogP contribution is 2.34. The molecule has 0 aromatic heterocycles. The zero-order chi connectivity index (χ0) is 20.8. The molecule has 0 saturated heterocycles. The predicted octanol–water partition coefficient (Wildman–Crippen LogP) is 3.82. The molecule has 3 rings (SSSR count). The molecule has 7 heteroatoms. The largest absolute Gasteiger partial charge is 0.494 e. The fraction of sp³-hybridized carbons (Fsp3) is 0.273. The smallest absolute Gasteiger partial charge is 0.263 e. The van der Waals surface area contributed by atoms with E-state index in [2.05, 4.69) is 10.6 Å². The second kappa shape index (κ2) is 9.02. The Balaban J connectivity index is 1.70. The number of carbonyl (C=O) groups is 1. The normalized spacial score (nSPS) is 13.4. The van der Waals surface area contributed by atoms with Crippen molar-refractivity contribution in [2.45, 2.75) is 26.8 Å². The summed E-state index contributed by atoms with van der Waals surface area (Å²) in [5.74, 6) is 1.52. The van der Waals surface area contributed by atoms with Crippen molar-refractivity contribution in [3.05, 3.63) is 59.3 Å². The second-order valence-electron chi connectivity index (χ2n) is 6.55. The van der Waals surface area contributed by atoms with Gasteiger partial charge in [0, 0.05) is 23.5 Å². The van der Waals surface area contributed by atoms with Crippen molar-refractivity contribution in [1.82, 2.24) is 5.32 Å². The lowest BCUT2D eigenvalue weighted by Gasteiger charge is -2.18. The Labute approximate surface area is 169 Å². The van der Waals surface area contributed by atoms with Crippen molar-refractivity contribution in [3.8, 4) is 23.3 Å². The maximum Gasteiger partial charge on any atom is 0.263 e. The molecular weight excluding hydrogens is 370 g/mol. The Morgan fingerprint density at radius 2 is 2.07 bits per heavy atom. The van der Waals surface area contributed by atoms with Gasteiger partial charge in [0.15, 0.2) is 11.5 Å². The van der Waals surface area contributed by atoms with Gasteiger partial charge in [0.25, 0.3) is 5.91 Å². The van der Waals surface area contributed by atoms with Crippen molar-refractivity contribution < 1.29 is 19.0 Å². The molecule has 0 bridgehead atoms. The van der Waals surface area contributed by atoms with Crippen molar-refractivity contribution in [2.75, 3.05) is 18.7 Å². The lowest BCUT2D eigenvalue weighted by atomic mass is 10.0. The lowest BCUT2D eigenvalue weighted by molar-refractivity contribution is -0.117. The van der Waals surface area contributed by atoms with Gasteiger partial charge < -0.3 is 24.8 Å². The summed E-state index contributed by atoms with van der Waals surface area (Å²) >= 11 is 0. The molecule has 2 aromatic carbocycles. The fourth-order valence-corrected chi connectivity index (χ4v) is 2.94. The summed E-state index contributed by atoms with van der Waals surface area (Å²) in [5, 5.41) is 15.2. The average molecular weight is 393 g/mol. The van der Waals surface area contributed by atoms with E-state index in [0.29, 0.717) is 29.5 Å². The summed E-state index contributed by atoms with van der Waals surface area (Å²) in [6.45, 7) is 6.45. The minimum Gasteiger partial charge on any atom is -0.494 e. The molecule has 1 atom stereocenters. The summed E-state index contributed by atoms with van der Waals surface area (Å²) in [6, 6.07) is 12.7. The van der Waals surface area contributed by atoms with Gasteiger partial charge in [-0.05, 0) is 39.0 Å². The summed E-state index contributed by atoms with van der Waals surface area (Å²) in [5.41, 5.74) is 2.56. The number of nitrogens with zero attached hydrogens (tertiary/aromatic N) is 1. The van der Waals surface area contributed by atoms with E-state index >= 15 is 0 Å². The Morgan fingerprint density at radius 1 is 1.28 bits per heavy atom. The Morgan fingerprint density at radius 3 is 2.83 bits per heavy atom. The third-order valence-corrected chi connectivity index (χ3v) is 4.40. The molecule has 0 spiro atoms. The van der Waals surface area contributed by atoms with Gasteiger partial charge in [-0.25, -0.2) is 0 Å². The zero-order valence-electron chi connectivity index (χ0n) is 16.6. The van der Waals surface area contributed by atoms with E-state index in [1.807, 2.05) is 45.0 Å². The molecule has 7 nitrogen and oxygen atoms in total. The number of ether oxygens (including phenoxy) is 3. The highest BCUT2D eigenvalue weighted by atomic mass is 16.7. The van der Waals surface area contributed by atoms with Crippen LogP contribution < -0.4 is 24.8 Å². The number of benzene rings is 2. The Bertz CT molecular complexity index is 979. The highest BCUT2D eigenvalue weighted by molar-refractivity contribution is 5.97. The van der Waals surface area contributed by atoms with E-state index in [1.54, 1.807) is 18.2 Å². The molecule has 2 N–H and O–H groups in total. The van der Waals surface area contributed by atoms with Crippen LogP contribution in [0.15, 0.2) is 48.2 Å². The van der Waals surface area contributed by atoms with Gasteiger partial charge >= 0.3 is 0 Å². The van der Waals surface area contributed by atoms with Gasteiger partial charge in [-0.3, -0.25) is 4.79 Å². The van der Waals surface area contributed by atoms with E-state index in [1.165, 1.54) is 6.20 Å². The van der Waals surface area contributed by atoms with Gasteiger partial charge in [0.1, 0.15) is 17.4 Å². The van der Waals surface area contributed by atoms with Crippen LogP contribution in [0.3, 0.4) is 0 Å². The van der Waals surface area contributed by atoms with Crippen LogP contribution in [-0.2, 0) is 4.79 Å². The number of aryl methyl sites for hydroxylation is 1. The third-order valence-electron chi connectivity index (χ3n) is 4.40. The van der Waals surface area contributed by atoms with Gasteiger partial charge in [-0.15, -0.1) is 0 Å². The molecule has 150 valence electrons. The highest BCUT2D eigenvalue weighted by Gasteiger charge is 2.18. The number of hydrogen-bond donors (Lipinski definition) is 2. The molecule has 2 aromatic rings. The molecule has 1 aliphatic rings. The van der Waals surface area contributed by atoms with E-state index < -0.39 is 5.91 Å². The van der Waals surface area contributed by atoms with Crippen LogP contribution in [0.1, 0.15) is 31.0 Å². The van der Waals surface area contributed by atoms with E-state index in [0.717, 1.165) is 11.1 Å². The van der Waals surface area contributed by atoms with E-state index in [9.17, 15) is 10.1 Å². The second-order valence-corrected chi connectivity index (χ2v) is 6.55. The minimum atomic E-state index is -0.475. The first-order chi connectivity index (χ1) is 14.0. The van der Waals surface area contributed by atoms with Crippen molar-refractivity contribution in [3.63, 3.8) is 0 Å². The molecule has 1 unspecified atom stereocenters. The standard InChI is InChI=1S/C22H23N3O4/c1-4-27-19-7-5-14(2)9-18(19)15(3)25-22(26)16(11-23)12-24-17-6-8-20-21(10-17)29-13-28-20/h5-10,12,15,24H,4,13H2,1-3H3,(H,25,26)/b16-12-. The first kappa shape index (κ1) is 20.1.